The van der Waals surface area contributed by atoms with Crippen molar-refractivity contribution in [2.24, 2.45) is 0 Å². The fraction of sp³-hybridized carbons (Fsp3) is 0.385. The van der Waals surface area contributed by atoms with Gasteiger partial charge in [-0.1, -0.05) is 12.1 Å². The van der Waals surface area contributed by atoms with Crippen LogP contribution in [0.2, 0.25) is 0 Å². The Morgan fingerprint density at radius 3 is 2.82 bits per heavy atom. The highest BCUT2D eigenvalue weighted by atomic mass is 16.5. The van der Waals surface area contributed by atoms with Gasteiger partial charge in [-0.05, 0) is 30.5 Å². The number of aliphatic hydroxyl groups is 1. The average molecular weight is 236 g/mol. The number of benzene rings is 1. The van der Waals surface area contributed by atoms with Crippen LogP contribution in [-0.2, 0) is 22.6 Å². The summed E-state index contributed by atoms with van der Waals surface area (Å²) in [6, 6.07) is 5.09. The van der Waals surface area contributed by atoms with E-state index >= 15 is 0 Å². The van der Waals surface area contributed by atoms with Crippen molar-refractivity contribution in [2.45, 2.75) is 26.4 Å². The molecule has 0 amide bonds. The lowest BCUT2D eigenvalue weighted by atomic mass is 9.97. The van der Waals surface area contributed by atoms with E-state index in [-0.39, 0.29) is 6.61 Å². The number of carbonyl (C=O) groups excluding carboxylic acids is 2. The Kier molecular flexibility index (Phi) is 5.36. The molecule has 1 aromatic carbocycles. The van der Waals surface area contributed by atoms with E-state index in [0.29, 0.717) is 36.1 Å². The fourth-order valence-corrected chi connectivity index (χ4v) is 1.68. The molecule has 4 nitrogen and oxygen atoms in total. The highest BCUT2D eigenvalue weighted by molar-refractivity contribution is 5.91. The van der Waals surface area contributed by atoms with Crippen LogP contribution in [0, 0.1) is 0 Å². The number of esters is 1. The Balaban J connectivity index is 3.08. The van der Waals surface area contributed by atoms with Crippen molar-refractivity contribution in [3.63, 3.8) is 0 Å². The van der Waals surface area contributed by atoms with Crippen molar-refractivity contribution >= 4 is 12.3 Å². The summed E-state index contributed by atoms with van der Waals surface area (Å²) in [7, 11) is 0. The van der Waals surface area contributed by atoms with Crippen LogP contribution in [-0.4, -0.2) is 24.0 Å². The van der Waals surface area contributed by atoms with Crippen LogP contribution in [0.25, 0.3) is 0 Å². The van der Waals surface area contributed by atoms with Gasteiger partial charge in [0.05, 0.1) is 18.8 Å². The molecule has 0 spiro atoms. The molecule has 0 aromatic heterocycles. The Hall–Kier alpha value is -1.68. The second-order valence-electron chi connectivity index (χ2n) is 3.53. The number of carbonyl (C=O) groups is 2. The van der Waals surface area contributed by atoms with Gasteiger partial charge in [0.2, 0.25) is 0 Å². The van der Waals surface area contributed by atoms with E-state index in [4.69, 9.17) is 4.74 Å². The zero-order chi connectivity index (χ0) is 12.7. The van der Waals surface area contributed by atoms with Gasteiger partial charge in [-0.25, -0.2) is 4.79 Å². The molecule has 4 heteroatoms. The molecule has 0 aliphatic heterocycles. The molecule has 1 aromatic rings. The molecular weight excluding hydrogens is 220 g/mol. The second-order valence-corrected chi connectivity index (χ2v) is 3.53. The first kappa shape index (κ1) is 13.4. The zero-order valence-corrected chi connectivity index (χ0v) is 9.81. The Morgan fingerprint density at radius 2 is 2.24 bits per heavy atom. The molecule has 92 valence electrons. The standard InChI is InChI=1S/C13H16O4/c1-2-17-13(16)12-6-3-5-10(9-15)11(12)7-4-8-14/h3,5-6,8,15H,2,4,7,9H2,1H3. The minimum atomic E-state index is -0.413. The van der Waals surface area contributed by atoms with Gasteiger partial charge in [-0.2, -0.15) is 0 Å². The molecule has 0 saturated heterocycles. The number of rotatable bonds is 6. The van der Waals surface area contributed by atoms with Crippen molar-refractivity contribution in [3.05, 3.63) is 34.9 Å². The van der Waals surface area contributed by atoms with Gasteiger partial charge in [0.25, 0.3) is 0 Å². The van der Waals surface area contributed by atoms with E-state index in [1.54, 1.807) is 25.1 Å². The smallest absolute Gasteiger partial charge is 0.338 e. The van der Waals surface area contributed by atoms with Crippen LogP contribution in [0.1, 0.15) is 34.8 Å². The van der Waals surface area contributed by atoms with Crippen LogP contribution < -0.4 is 0 Å². The molecule has 0 fully saturated rings. The Labute approximate surface area is 100 Å². The van der Waals surface area contributed by atoms with Crippen molar-refractivity contribution < 1.29 is 19.4 Å². The van der Waals surface area contributed by atoms with E-state index in [2.05, 4.69) is 0 Å². The predicted octanol–water partition coefficient (Wildman–Crippen LogP) is 1.49. The second kappa shape index (κ2) is 6.81. The summed E-state index contributed by atoms with van der Waals surface area (Å²) < 4.78 is 4.94. The monoisotopic (exact) mass is 236 g/mol. The fourth-order valence-electron chi connectivity index (χ4n) is 1.68. The van der Waals surface area contributed by atoms with Crippen molar-refractivity contribution in [1.82, 2.24) is 0 Å². The Morgan fingerprint density at radius 1 is 1.47 bits per heavy atom. The van der Waals surface area contributed by atoms with Crippen molar-refractivity contribution in [2.75, 3.05) is 6.61 Å². The van der Waals surface area contributed by atoms with Crippen LogP contribution in [0.15, 0.2) is 18.2 Å². The summed E-state index contributed by atoms with van der Waals surface area (Å²) in [6.07, 6.45) is 1.56. The van der Waals surface area contributed by atoms with Gasteiger partial charge < -0.3 is 14.6 Å². The minimum Gasteiger partial charge on any atom is -0.462 e. The molecule has 1 rings (SSSR count). The third kappa shape index (κ3) is 3.39. The first-order chi connectivity index (χ1) is 8.24. The van der Waals surface area contributed by atoms with Crippen molar-refractivity contribution in [1.29, 1.82) is 0 Å². The maximum atomic E-state index is 11.7. The van der Waals surface area contributed by atoms with Crippen LogP contribution in [0.4, 0.5) is 0 Å². The van der Waals surface area contributed by atoms with Crippen LogP contribution in [0.3, 0.4) is 0 Å². The van der Waals surface area contributed by atoms with Crippen molar-refractivity contribution in [3.8, 4) is 0 Å². The molecular formula is C13H16O4. The minimum absolute atomic E-state index is 0.151. The SMILES string of the molecule is CCOC(=O)c1cccc(CO)c1CCC=O. The van der Waals surface area contributed by atoms with Gasteiger partial charge in [-0.15, -0.1) is 0 Å². The molecule has 0 saturated carbocycles. The van der Waals surface area contributed by atoms with E-state index in [1.807, 2.05) is 0 Å². The molecule has 0 aliphatic rings. The van der Waals surface area contributed by atoms with Gasteiger partial charge in [0, 0.05) is 6.42 Å². The quantitative estimate of drug-likeness (QED) is 0.600. The normalized spacial score (nSPS) is 10.0. The number of hydrogen-bond acceptors (Lipinski definition) is 4. The van der Waals surface area contributed by atoms with Gasteiger partial charge >= 0.3 is 5.97 Å². The highest BCUT2D eigenvalue weighted by Crippen LogP contribution is 2.18. The lowest BCUT2D eigenvalue weighted by Gasteiger charge is -2.11. The highest BCUT2D eigenvalue weighted by Gasteiger charge is 2.14. The summed E-state index contributed by atoms with van der Waals surface area (Å²) in [4.78, 5) is 22.1. The van der Waals surface area contributed by atoms with Gasteiger partial charge in [0.1, 0.15) is 6.29 Å². The molecule has 0 heterocycles. The van der Waals surface area contributed by atoms with Gasteiger partial charge in [0.15, 0.2) is 0 Å². The predicted molar refractivity (Wildman–Crippen MR) is 62.7 cm³/mol. The lowest BCUT2D eigenvalue weighted by Crippen LogP contribution is -2.10. The van der Waals surface area contributed by atoms with Gasteiger partial charge in [-0.3, -0.25) is 0 Å². The molecule has 0 aliphatic carbocycles. The third-order valence-electron chi connectivity index (χ3n) is 2.45. The molecule has 1 N–H and O–H groups in total. The first-order valence-electron chi connectivity index (χ1n) is 5.57. The summed E-state index contributed by atoms with van der Waals surface area (Å²) in [5, 5.41) is 9.21. The molecule has 0 unspecified atom stereocenters. The topological polar surface area (TPSA) is 63.6 Å². The lowest BCUT2D eigenvalue weighted by molar-refractivity contribution is -0.107. The Bertz CT molecular complexity index is 398. The summed E-state index contributed by atoms with van der Waals surface area (Å²) in [5.41, 5.74) is 1.79. The molecule has 0 atom stereocenters. The number of aldehydes is 1. The van der Waals surface area contributed by atoms with E-state index in [0.717, 1.165) is 6.29 Å². The van der Waals surface area contributed by atoms with E-state index < -0.39 is 5.97 Å². The van der Waals surface area contributed by atoms with E-state index in [1.165, 1.54) is 0 Å². The number of aliphatic hydroxyl groups excluding tert-OH is 1. The van der Waals surface area contributed by atoms with Crippen LogP contribution in [0.5, 0.6) is 0 Å². The maximum absolute atomic E-state index is 11.7. The summed E-state index contributed by atoms with van der Waals surface area (Å²) in [5.74, 6) is -0.413. The summed E-state index contributed by atoms with van der Waals surface area (Å²) in [6.45, 7) is 1.88. The largest absolute Gasteiger partial charge is 0.462 e. The van der Waals surface area contributed by atoms with Crippen LogP contribution >= 0.6 is 0 Å². The molecule has 17 heavy (non-hydrogen) atoms. The average Bonchev–Trinajstić information content (AvgIpc) is 2.36. The molecule has 0 bridgehead atoms. The number of hydrogen-bond donors (Lipinski definition) is 1. The number of ether oxygens (including phenoxy) is 1. The zero-order valence-electron chi connectivity index (χ0n) is 9.81. The van der Waals surface area contributed by atoms with E-state index in [9.17, 15) is 14.7 Å². The summed E-state index contributed by atoms with van der Waals surface area (Å²) >= 11 is 0. The first-order valence-corrected chi connectivity index (χ1v) is 5.57. The maximum Gasteiger partial charge on any atom is 0.338 e. The molecule has 0 radical (unpaired) electrons. The third-order valence-corrected chi connectivity index (χ3v) is 2.45.